The topological polar surface area (TPSA) is 29.5 Å². The zero-order valence-electron chi connectivity index (χ0n) is 7.33. The van der Waals surface area contributed by atoms with E-state index >= 15 is 0 Å². The highest BCUT2D eigenvalue weighted by Crippen LogP contribution is 2.25. The average Bonchev–Trinajstić information content (AvgIpc) is 2.15. The first-order chi connectivity index (χ1) is 6.17. The molecule has 1 unspecified atom stereocenters. The van der Waals surface area contributed by atoms with Gasteiger partial charge in [-0.05, 0) is 23.8 Å². The fourth-order valence-corrected chi connectivity index (χ4v) is 1.50. The van der Waals surface area contributed by atoms with Gasteiger partial charge in [-0.2, -0.15) is 0 Å². The highest BCUT2D eigenvalue weighted by molar-refractivity contribution is 9.10. The molecule has 0 aliphatic rings. The molecule has 0 aromatic heterocycles. The Labute approximate surface area is 86.0 Å². The maximum Gasteiger partial charge on any atom is 0.120 e. The molecule has 0 aliphatic carbocycles. The minimum Gasteiger partial charge on any atom is -0.497 e. The van der Waals surface area contributed by atoms with Crippen molar-refractivity contribution >= 4 is 15.9 Å². The fourth-order valence-electron chi connectivity index (χ4n) is 1.01. The SMILES string of the molecule is C=CC(O)c1cc(Br)cc(OC)c1. The quantitative estimate of drug-likeness (QED) is 0.827. The number of methoxy groups -OCH3 is 1. The molecule has 0 bridgehead atoms. The minimum atomic E-state index is -0.647. The summed E-state index contributed by atoms with van der Waals surface area (Å²) in [4.78, 5) is 0. The van der Waals surface area contributed by atoms with Crippen molar-refractivity contribution in [1.82, 2.24) is 0 Å². The van der Waals surface area contributed by atoms with Crippen LogP contribution in [0.1, 0.15) is 11.7 Å². The summed E-state index contributed by atoms with van der Waals surface area (Å²) in [6.45, 7) is 3.52. The summed E-state index contributed by atoms with van der Waals surface area (Å²) < 4.78 is 5.93. The maximum atomic E-state index is 9.48. The maximum absolute atomic E-state index is 9.48. The lowest BCUT2D eigenvalue weighted by Gasteiger charge is -2.08. The van der Waals surface area contributed by atoms with E-state index in [4.69, 9.17) is 4.74 Å². The Balaban J connectivity index is 3.07. The highest BCUT2D eigenvalue weighted by atomic mass is 79.9. The van der Waals surface area contributed by atoms with Crippen molar-refractivity contribution in [2.75, 3.05) is 7.11 Å². The first-order valence-corrected chi connectivity index (χ1v) is 4.61. The van der Waals surface area contributed by atoms with Crippen LogP contribution >= 0.6 is 15.9 Å². The lowest BCUT2D eigenvalue weighted by Crippen LogP contribution is -1.93. The van der Waals surface area contributed by atoms with Crippen LogP contribution in [0, 0.1) is 0 Å². The predicted molar refractivity (Wildman–Crippen MR) is 55.9 cm³/mol. The van der Waals surface area contributed by atoms with E-state index in [1.165, 1.54) is 6.08 Å². The summed E-state index contributed by atoms with van der Waals surface area (Å²) >= 11 is 3.33. The van der Waals surface area contributed by atoms with Crippen LogP contribution < -0.4 is 4.74 Å². The summed E-state index contributed by atoms with van der Waals surface area (Å²) in [7, 11) is 1.59. The second-order valence-corrected chi connectivity index (χ2v) is 3.52. The molecule has 1 rings (SSSR count). The van der Waals surface area contributed by atoms with Crippen LogP contribution in [0.4, 0.5) is 0 Å². The molecule has 1 atom stereocenters. The second-order valence-electron chi connectivity index (χ2n) is 2.60. The molecule has 1 N–H and O–H groups in total. The summed E-state index contributed by atoms with van der Waals surface area (Å²) in [5.41, 5.74) is 0.765. The van der Waals surface area contributed by atoms with Crippen molar-refractivity contribution in [3.05, 3.63) is 40.9 Å². The summed E-state index contributed by atoms with van der Waals surface area (Å²) in [6, 6.07) is 5.44. The molecule has 13 heavy (non-hydrogen) atoms. The lowest BCUT2D eigenvalue weighted by atomic mass is 10.1. The van der Waals surface area contributed by atoms with E-state index in [2.05, 4.69) is 22.5 Å². The van der Waals surface area contributed by atoms with Crippen LogP contribution in [0.15, 0.2) is 35.3 Å². The van der Waals surface area contributed by atoms with Crippen LogP contribution in [-0.4, -0.2) is 12.2 Å². The Morgan fingerprint density at radius 1 is 1.54 bits per heavy atom. The van der Waals surface area contributed by atoms with Gasteiger partial charge in [-0.25, -0.2) is 0 Å². The largest absolute Gasteiger partial charge is 0.497 e. The van der Waals surface area contributed by atoms with Crippen molar-refractivity contribution in [2.24, 2.45) is 0 Å². The van der Waals surface area contributed by atoms with E-state index in [0.29, 0.717) is 5.75 Å². The van der Waals surface area contributed by atoms with Crippen molar-refractivity contribution in [3.63, 3.8) is 0 Å². The Morgan fingerprint density at radius 3 is 2.77 bits per heavy atom. The number of hydrogen-bond acceptors (Lipinski definition) is 2. The smallest absolute Gasteiger partial charge is 0.120 e. The van der Waals surface area contributed by atoms with E-state index in [1.54, 1.807) is 13.2 Å². The second kappa shape index (κ2) is 4.44. The van der Waals surface area contributed by atoms with E-state index in [9.17, 15) is 5.11 Å². The van der Waals surface area contributed by atoms with Crippen LogP contribution in [0.25, 0.3) is 0 Å². The fraction of sp³-hybridized carbons (Fsp3) is 0.200. The molecule has 0 heterocycles. The van der Waals surface area contributed by atoms with Gasteiger partial charge in [-0.3, -0.25) is 0 Å². The zero-order chi connectivity index (χ0) is 9.84. The average molecular weight is 243 g/mol. The van der Waals surface area contributed by atoms with Crippen LogP contribution in [0.2, 0.25) is 0 Å². The Kier molecular flexibility index (Phi) is 3.51. The molecule has 3 heteroatoms. The Hall–Kier alpha value is -0.800. The first kappa shape index (κ1) is 10.3. The van der Waals surface area contributed by atoms with Crippen LogP contribution in [0.5, 0.6) is 5.75 Å². The number of halogens is 1. The molecule has 0 saturated heterocycles. The molecule has 0 spiro atoms. The monoisotopic (exact) mass is 242 g/mol. The minimum absolute atomic E-state index is 0.647. The number of benzene rings is 1. The van der Waals surface area contributed by atoms with Gasteiger partial charge in [0.15, 0.2) is 0 Å². The molecule has 0 amide bonds. The summed E-state index contributed by atoms with van der Waals surface area (Å²) in [5, 5.41) is 9.48. The van der Waals surface area contributed by atoms with Gasteiger partial charge >= 0.3 is 0 Å². The van der Waals surface area contributed by atoms with Gasteiger partial charge in [-0.15, -0.1) is 6.58 Å². The molecule has 0 radical (unpaired) electrons. The van der Waals surface area contributed by atoms with Gasteiger partial charge in [0.25, 0.3) is 0 Å². The van der Waals surface area contributed by atoms with Gasteiger partial charge in [0.05, 0.1) is 13.2 Å². The summed E-state index contributed by atoms with van der Waals surface area (Å²) in [6.07, 6.45) is 0.827. The highest BCUT2D eigenvalue weighted by Gasteiger charge is 2.05. The third-order valence-corrected chi connectivity index (χ3v) is 2.15. The van der Waals surface area contributed by atoms with Crippen molar-refractivity contribution in [3.8, 4) is 5.75 Å². The summed E-state index contributed by atoms with van der Waals surface area (Å²) in [5.74, 6) is 0.713. The van der Waals surface area contributed by atoms with Gasteiger partial charge in [0.1, 0.15) is 5.75 Å². The number of rotatable bonds is 3. The predicted octanol–water partition coefficient (Wildman–Crippen LogP) is 2.68. The van der Waals surface area contributed by atoms with E-state index in [0.717, 1.165) is 10.0 Å². The normalized spacial score (nSPS) is 12.2. The van der Waals surface area contributed by atoms with Crippen molar-refractivity contribution in [1.29, 1.82) is 0 Å². The van der Waals surface area contributed by atoms with E-state index in [1.807, 2.05) is 12.1 Å². The Bertz CT molecular complexity index is 310. The standard InChI is InChI=1S/C10H11BrO2/c1-3-10(12)7-4-8(11)6-9(5-7)13-2/h3-6,10,12H,1H2,2H3. The first-order valence-electron chi connectivity index (χ1n) is 3.82. The molecule has 2 nitrogen and oxygen atoms in total. The molecular weight excluding hydrogens is 232 g/mol. The lowest BCUT2D eigenvalue weighted by molar-refractivity contribution is 0.228. The van der Waals surface area contributed by atoms with Gasteiger partial charge < -0.3 is 9.84 Å². The molecule has 1 aromatic carbocycles. The number of aliphatic hydroxyl groups excluding tert-OH is 1. The van der Waals surface area contributed by atoms with Crippen LogP contribution in [0.3, 0.4) is 0 Å². The van der Waals surface area contributed by atoms with Crippen LogP contribution in [-0.2, 0) is 0 Å². The molecule has 0 saturated carbocycles. The van der Waals surface area contributed by atoms with E-state index < -0.39 is 6.10 Å². The molecule has 0 fully saturated rings. The number of aliphatic hydroxyl groups is 1. The number of ether oxygens (including phenoxy) is 1. The van der Waals surface area contributed by atoms with E-state index in [-0.39, 0.29) is 0 Å². The molecule has 70 valence electrons. The molecular formula is C10H11BrO2. The molecule has 0 aliphatic heterocycles. The number of hydrogen-bond donors (Lipinski definition) is 1. The van der Waals surface area contributed by atoms with Gasteiger partial charge in [0.2, 0.25) is 0 Å². The van der Waals surface area contributed by atoms with Gasteiger partial charge in [0, 0.05) is 4.47 Å². The third kappa shape index (κ3) is 2.57. The third-order valence-electron chi connectivity index (χ3n) is 1.69. The Morgan fingerprint density at radius 2 is 2.23 bits per heavy atom. The molecule has 1 aromatic rings. The zero-order valence-corrected chi connectivity index (χ0v) is 8.91. The van der Waals surface area contributed by atoms with Crippen molar-refractivity contribution < 1.29 is 9.84 Å². The van der Waals surface area contributed by atoms with Gasteiger partial charge in [-0.1, -0.05) is 22.0 Å². The van der Waals surface area contributed by atoms with Crippen molar-refractivity contribution in [2.45, 2.75) is 6.10 Å².